The Labute approximate surface area is 107 Å². The van der Waals surface area contributed by atoms with Gasteiger partial charge in [-0.05, 0) is 43.4 Å². The van der Waals surface area contributed by atoms with Crippen LogP contribution in [0.4, 0.5) is 0 Å². The van der Waals surface area contributed by atoms with Crippen LogP contribution in [0.3, 0.4) is 0 Å². The number of hydrogen-bond donors (Lipinski definition) is 2. The van der Waals surface area contributed by atoms with Gasteiger partial charge in [0.15, 0.2) is 0 Å². The van der Waals surface area contributed by atoms with E-state index in [9.17, 15) is 9.90 Å². The van der Waals surface area contributed by atoms with E-state index in [1.165, 1.54) is 24.1 Å². The number of hydrogen-bond acceptors (Lipinski definition) is 1. The van der Waals surface area contributed by atoms with Gasteiger partial charge in [-0.2, -0.15) is 0 Å². The Bertz CT molecular complexity index is 615. The molecule has 0 amide bonds. The summed E-state index contributed by atoms with van der Waals surface area (Å²) in [5.74, 6) is -0.874. The van der Waals surface area contributed by atoms with Crippen molar-refractivity contribution in [2.45, 2.75) is 25.7 Å². The molecule has 3 nitrogen and oxygen atoms in total. The Hall–Kier alpha value is -1.29. The second-order valence-electron chi connectivity index (χ2n) is 4.44. The zero-order chi connectivity index (χ0) is 12.0. The van der Waals surface area contributed by atoms with E-state index in [2.05, 4.69) is 20.9 Å². The van der Waals surface area contributed by atoms with Crippen molar-refractivity contribution in [2.24, 2.45) is 0 Å². The predicted octanol–water partition coefficient (Wildman–Crippen LogP) is 3.51. The summed E-state index contributed by atoms with van der Waals surface area (Å²) in [5, 5.41) is 10.3. The number of H-pyrrole nitrogens is 1. The van der Waals surface area contributed by atoms with Crippen molar-refractivity contribution in [3.05, 3.63) is 33.4 Å². The van der Waals surface area contributed by atoms with Crippen LogP contribution in [0.15, 0.2) is 16.6 Å². The molecule has 2 aromatic rings. The van der Waals surface area contributed by atoms with E-state index in [0.29, 0.717) is 5.56 Å². The van der Waals surface area contributed by atoms with Gasteiger partial charge in [-0.1, -0.05) is 15.9 Å². The number of rotatable bonds is 1. The molecule has 0 bridgehead atoms. The molecule has 4 heteroatoms. The Morgan fingerprint density at radius 3 is 2.82 bits per heavy atom. The molecule has 0 spiro atoms. The number of carboxylic acids is 1. The maximum atomic E-state index is 11.2. The summed E-state index contributed by atoms with van der Waals surface area (Å²) in [5.41, 5.74) is 3.62. The first kappa shape index (κ1) is 10.8. The molecule has 2 N–H and O–H groups in total. The normalized spacial score (nSPS) is 14.9. The molecule has 1 aliphatic rings. The third kappa shape index (κ3) is 1.59. The van der Waals surface area contributed by atoms with Gasteiger partial charge in [-0.15, -0.1) is 0 Å². The maximum Gasteiger partial charge on any atom is 0.337 e. The molecule has 88 valence electrons. The molecule has 0 saturated heterocycles. The lowest BCUT2D eigenvalue weighted by molar-refractivity contribution is 0.0699. The van der Waals surface area contributed by atoms with Crippen molar-refractivity contribution in [3.63, 3.8) is 0 Å². The molecule has 0 radical (unpaired) electrons. The van der Waals surface area contributed by atoms with Gasteiger partial charge in [-0.3, -0.25) is 0 Å². The number of carbonyl (C=O) groups is 1. The average molecular weight is 294 g/mol. The Morgan fingerprint density at radius 1 is 1.29 bits per heavy atom. The van der Waals surface area contributed by atoms with Crippen LogP contribution in [0, 0.1) is 0 Å². The summed E-state index contributed by atoms with van der Waals surface area (Å²) in [7, 11) is 0. The minimum absolute atomic E-state index is 0.359. The van der Waals surface area contributed by atoms with Crippen LogP contribution in [0.5, 0.6) is 0 Å². The number of carboxylic acid groups (broad SMARTS) is 1. The fraction of sp³-hybridized carbons (Fsp3) is 0.308. The molecular weight excluding hydrogens is 282 g/mol. The number of aromatic carboxylic acids is 1. The van der Waals surface area contributed by atoms with Crippen molar-refractivity contribution < 1.29 is 9.90 Å². The molecule has 0 aliphatic heterocycles. The monoisotopic (exact) mass is 293 g/mol. The van der Waals surface area contributed by atoms with Crippen LogP contribution in [0.1, 0.15) is 34.5 Å². The number of aromatic nitrogens is 1. The van der Waals surface area contributed by atoms with Gasteiger partial charge in [0, 0.05) is 15.6 Å². The second-order valence-corrected chi connectivity index (χ2v) is 5.29. The summed E-state index contributed by atoms with van der Waals surface area (Å²) in [6.07, 6.45) is 4.43. The zero-order valence-corrected chi connectivity index (χ0v) is 10.8. The standard InChI is InChI=1S/C13H12BrNO2/c14-9-6-5-8(13(16)17)12-11(9)7-3-1-2-4-10(7)15-12/h5-6,15H,1-4H2,(H,16,17). The Morgan fingerprint density at radius 2 is 2.06 bits per heavy atom. The number of aryl methyl sites for hydroxylation is 2. The third-order valence-corrected chi connectivity index (χ3v) is 4.09. The molecule has 1 aromatic carbocycles. The van der Waals surface area contributed by atoms with Gasteiger partial charge in [0.05, 0.1) is 11.1 Å². The molecular formula is C13H12BrNO2. The molecule has 0 atom stereocenters. The SMILES string of the molecule is O=C(O)c1ccc(Br)c2c3c([nH]c12)CCCC3. The van der Waals surface area contributed by atoms with Crippen LogP contribution in [0.25, 0.3) is 10.9 Å². The number of halogens is 1. The number of aromatic amines is 1. The van der Waals surface area contributed by atoms with Crippen LogP contribution >= 0.6 is 15.9 Å². The lowest BCUT2D eigenvalue weighted by Gasteiger charge is -2.10. The van der Waals surface area contributed by atoms with E-state index in [1.54, 1.807) is 6.07 Å². The summed E-state index contributed by atoms with van der Waals surface area (Å²) in [6.45, 7) is 0. The minimum Gasteiger partial charge on any atom is -0.478 e. The third-order valence-electron chi connectivity index (χ3n) is 3.43. The first-order valence-corrected chi connectivity index (χ1v) is 6.53. The largest absolute Gasteiger partial charge is 0.478 e. The van der Waals surface area contributed by atoms with Crippen molar-refractivity contribution in [1.29, 1.82) is 0 Å². The van der Waals surface area contributed by atoms with Gasteiger partial charge in [0.25, 0.3) is 0 Å². The highest BCUT2D eigenvalue weighted by molar-refractivity contribution is 9.10. The van der Waals surface area contributed by atoms with Crippen molar-refractivity contribution in [2.75, 3.05) is 0 Å². The highest BCUT2D eigenvalue weighted by atomic mass is 79.9. The lowest BCUT2D eigenvalue weighted by atomic mass is 9.95. The molecule has 1 heterocycles. The van der Waals surface area contributed by atoms with Crippen LogP contribution < -0.4 is 0 Å². The van der Waals surface area contributed by atoms with Gasteiger partial charge >= 0.3 is 5.97 Å². The molecule has 17 heavy (non-hydrogen) atoms. The highest BCUT2D eigenvalue weighted by Gasteiger charge is 2.20. The van der Waals surface area contributed by atoms with E-state index >= 15 is 0 Å². The van der Waals surface area contributed by atoms with Gasteiger partial charge in [0.1, 0.15) is 0 Å². The van der Waals surface area contributed by atoms with E-state index < -0.39 is 5.97 Å². The molecule has 0 fully saturated rings. The average Bonchev–Trinajstić information content (AvgIpc) is 2.68. The fourth-order valence-corrected chi connectivity index (χ4v) is 3.22. The predicted molar refractivity (Wildman–Crippen MR) is 69.6 cm³/mol. The van der Waals surface area contributed by atoms with Crippen molar-refractivity contribution in [3.8, 4) is 0 Å². The van der Waals surface area contributed by atoms with Crippen molar-refractivity contribution in [1.82, 2.24) is 4.98 Å². The van der Waals surface area contributed by atoms with Crippen molar-refractivity contribution >= 4 is 32.8 Å². The number of benzene rings is 1. The summed E-state index contributed by atoms with van der Waals surface area (Å²) in [4.78, 5) is 14.5. The van der Waals surface area contributed by atoms with E-state index in [1.807, 2.05) is 6.07 Å². The van der Waals surface area contributed by atoms with E-state index in [0.717, 1.165) is 28.2 Å². The van der Waals surface area contributed by atoms with Gasteiger partial charge < -0.3 is 10.1 Å². The van der Waals surface area contributed by atoms with E-state index in [4.69, 9.17) is 0 Å². The first-order chi connectivity index (χ1) is 8.18. The van der Waals surface area contributed by atoms with Gasteiger partial charge in [0.2, 0.25) is 0 Å². The maximum absolute atomic E-state index is 11.2. The van der Waals surface area contributed by atoms with Crippen LogP contribution in [-0.2, 0) is 12.8 Å². The molecule has 0 saturated carbocycles. The fourth-order valence-electron chi connectivity index (χ4n) is 2.65. The number of nitrogens with one attached hydrogen (secondary N) is 1. The Balaban J connectivity index is 2.39. The molecule has 0 unspecified atom stereocenters. The lowest BCUT2D eigenvalue weighted by Crippen LogP contribution is -2.00. The number of fused-ring (bicyclic) bond motifs is 3. The Kier molecular flexibility index (Phi) is 2.47. The van der Waals surface area contributed by atoms with E-state index in [-0.39, 0.29) is 0 Å². The van der Waals surface area contributed by atoms with Crippen LogP contribution in [-0.4, -0.2) is 16.1 Å². The van der Waals surface area contributed by atoms with Gasteiger partial charge in [-0.25, -0.2) is 4.79 Å². The summed E-state index contributed by atoms with van der Waals surface area (Å²) >= 11 is 3.53. The highest BCUT2D eigenvalue weighted by Crippen LogP contribution is 2.35. The molecule has 1 aromatic heterocycles. The quantitative estimate of drug-likeness (QED) is 0.845. The van der Waals surface area contributed by atoms with Crippen LogP contribution in [0.2, 0.25) is 0 Å². The molecule has 1 aliphatic carbocycles. The topological polar surface area (TPSA) is 53.1 Å². The minimum atomic E-state index is -0.874. The summed E-state index contributed by atoms with van der Waals surface area (Å²) < 4.78 is 0.983. The zero-order valence-electron chi connectivity index (χ0n) is 9.22. The second kappa shape index (κ2) is 3.88. The summed E-state index contributed by atoms with van der Waals surface area (Å²) in [6, 6.07) is 3.48. The first-order valence-electron chi connectivity index (χ1n) is 5.73. The smallest absolute Gasteiger partial charge is 0.337 e. The molecule has 3 rings (SSSR count).